The Morgan fingerprint density at radius 1 is 0.727 bits per heavy atom. The fourth-order valence-electron chi connectivity index (χ4n) is 4.37. The van der Waals surface area contributed by atoms with Crippen LogP contribution in [-0.2, 0) is 4.74 Å². The Morgan fingerprint density at radius 2 is 1.27 bits per heavy atom. The molecule has 6 heteroatoms. The number of piperazine rings is 1. The van der Waals surface area contributed by atoms with E-state index in [0.29, 0.717) is 6.61 Å². The lowest BCUT2D eigenvalue weighted by Gasteiger charge is -2.39. The molecule has 3 aromatic carbocycles. The van der Waals surface area contributed by atoms with Gasteiger partial charge in [-0.15, -0.1) is 0 Å². The molecule has 33 heavy (non-hydrogen) atoms. The van der Waals surface area contributed by atoms with E-state index >= 15 is 0 Å². The van der Waals surface area contributed by atoms with Crippen LogP contribution in [0.25, 0.3) is 0 Å². The predicted octanol–water partition coefficient (Wildman–Crippen LogP) is 4.42. The Hall–Kier alpha value is -2.64. The number of aliphatic hydroxyl groups is 1. The number of halogens is 2. The molecular formula is C27H30F2N2O2. The van der Waals surface area contributed by atoms with Crippen LogP contribution < -0.4 is 0 Å². The van der Waals surface area contributed by atoms with Gasteiger partial charge in [0.25, 0.3) is 0 Å². The predicted molar refractivity (Wildman–Crippen MR) is 125 cm³/mol. The molecule has 1 fully saturated rings. The molecule has 1 aliphatic rings. The van der Waals surface area contributed by atoms with Crippen LogP contribution in [0, 0.1) is 11.6 Å². The molecule has 0 aliphatic carbocycles. The lowest BCUT2D eigenvalue weighted by atomic mass is 10.0. The van der Waals surface area contributed by atoms with E-state index in [4.69, 9.17) is 4.74 Å². The van der Waals surface area contributed by atoms with E-state index in [0.717, 1.165) is 49.4 Å². The second-order valence-corrected chi connectivity index (χ2v) is 8.34. The van der Waals surface area contributed by atoms with Gasteiger partial charge in [0.2, 0.25) is 0 Å². The molecule has 0 amide bonds. The van der Waals surface area contributed by atoms with Gasteiger partial charge in [-0.1, -0.05) is 54.6 Å². The highest BCUT2D eigenvalue weighted by Crippen LogP contribution is 2.27. The number of ether oxygens (including phenoxy) is 1. The molecule has 0 bridgehead atoms. The van der Waals surface area contributed by atoms with Gasteiger partial charge in [0.05, 0.1) is 19.3 Å². The molecule has 1 saturated heterocycles. The third-order valence-corrected chi connectivity index (χ3v) is 6.24. The van der Waals surface area contributed by atoms with Gasteiger partial charge >= 0.3 is 0 Å². The van der Waals surface area contributed by atoms with Crippen molar-refractivity contribution in [1.82, 2.24) is 9.80 Å². The van der Waals surface area contributed by atoms with Crippen LogP contribution in [0.4, 0.5) is 8.78 Å². The lowest BCUT2D eigenvalue weighted by molar-refractivity contribution is 0.0294. The summed E-state index contributed by atoms with van der Waals surface area (Å²) in [7, 11) is 0. The minimum atomic E-state index is -0.385. The van der Waals surface area contributed by atoms with E-state index in [-0.39, 0.29) is 30.4 Å². The fraction of sp³-hybridized carbons (Fsp3) is 0.333. The van der Waals surface area contributed by atoms with Gasteiger partial charge in [-0.3, -0.25) is 9.80 Å². The molecule has 1 N–H and O–H groups in total. The van der Waals surface area contributed by atoms with Crippen molar-refractivity contribution in [3.05, 3.63) is 107 Å². The Morgan fingerprint density at radius 3 is 1.79 bits per heavy atom. The molecule has 4 nitrogen and oxygen atoms in total. The first-order valence-electron chi connectivity index (χ1n) is 11.4. The first-order chi connectivity index (χ1) is 16.1. The summed E-state index contributed by atoms with van der Waals surface area (Å²) in [4.78, 5) is 4.68. The molecule has 0 aromatic heterocycles. The van der Waals surface area contributed by atoms with Crippen LogP contribution in [0.2, 0.25) is 0 Å². The van der Waals surface area contributed by atoms with Crippen molar-refractivity contribution >= 4 is 0 Å². The number of rotatable bonds is 9. The first kappa shape index (κ1) is 23.5. The van der Waals surface area contributed by atoms with Crippen molar-refractivity contribution < 1.29 is 18.6 Å². The topological polar surface area (TPSA) is 35.9 Å². The second kappa shape index (κ2) is 11.5. The summed E-state index contributed by atoms with van der Waals surface area (Å²) in [6, 6.07) is 22.6. The van der Waals surface area contributed by atoms with Crippen LogP contribution in [0.3, 0.4) is 0 Å². The van der Waals surface area contributed by atoms with E-state index in [1.54, 1.807) is 24.3 Å². The Labute approximate surface area is 194 Å². The van der Waals surface area contributed by atoms with Crippen molar-refractivity contribution in [3.63, 3.8) is 0 Å². The highest BCUT2D eigenvalue weighted by atomic mass is 19.1. The van der Waals surface area contributed by atoms with E-state index in [1.807, 2.05) is 18.2 Å². The molecule has 0 spiro atoms. The molecular weight excluding hydrogens is 422 g/mol. The summed E-state index contributed by atoms with van der Waals surface area (Å²) < 4.78 is 33.0. The van der Waals surface area contributed by atoms with Crippen molar-refractivity contribution in [2.45, 2.75) is 12.1 Å². The summed E-state index contributed by atoms with van der Waals surface area (Å²) in [5.41, 5.74) is 2.81. The zero-order valence-electron chi connectivity index (χ0n) is 18.6. The van der Waals surface area contributed by atoms with Crippen molar-refractivity contribution in [1.29, 1.82) is 0 Å². The van der Waals surface area contributed by atoms with Crippen LogP contribution in [0.1, 0.15) is 28.8 Å². The van der Waals surface area contributed by atoms with Crippen LogP contribution >= 0.6 is 0 Å². The molecule has 1 unspecified atom stereocenters. The third-order valence-electron chi connectivity index (χ3n) is 6.24. The maximum Gasteiger partial charge on any atom is 0.123 e. The van der Waals surface area contributed by atoms with Crippen molar-refractivity contribution in [2.75, 3.05) is 45.9 Å². The van der Waals surface area contributed by atoms with Crippen LogP contribution in [0.15, 0.2) is 78.9 Å². The molecule has 1 atom stereocenters. The molecule has 174 valence electrons. The zero-order valence-corrected chi connectivity index (χ0v) is 18.6. The largest absolute Gasteiger partial charge is 0.394 e. The Kier molecular flexibility index (Phi) is 8.18. The molecule has 3 aromatic rings. The summed E-state index contributed by atoms with van der Waals surface area (Å²) in [5.74, 6) is -0.600. The van der Waals surface area contributed by atoms with Gasteiger partial charge in [0.1, 0.15) is 17.7 Å². The normalized spacial score (nSPS) is 16.2. The van der Waals surface area contributed by atoms with Crippen LogP contribution in [0.5, 0.6) is 0 Å². The van der Waals surface area contributed by atoms with E-state index in [1.165, 1.54) is 24.3 Å². The van der Waals surface area contributed by atoms with Gasteiger partial charge in [-0.25, -0.2) is 8.78 Å². The van der Waals surface area contributed by atoms with Crippen LogP contribution in [-0.4, -0.2) is 60.8 Å². The van der Waals surface area contributed by atoms with E-state index in [2.05, 4.69) is 21.9 Å². The van der Waals surface area contributed by atoms with Gasteiger partial charge in [-0.2, -0.15) is 0 Å². The second-order valence-electron chi connectivity index (χ2n) is 8.34. The number of aliphatic hydroxyl groups excluding tert-OH is 1. The summed E-state index contributed by atoms with van der Waals surface area (Å²) >= 11 is 0. The average molecular weight is 453 g/mol. The fourth-order valence-corrected chi connectivity index (χ4v) is 4.37. The summed E-state index contributed by atoms with van der Waals surface area (Å²) in [6.07, 6.45) is -0.385. The number of hydrogen-bond acceptors (Lipinski definition) is 4. The number of benzene rings is 3. The van der Waals surface area contributed by atoms with Gasteiger partial charge in [-0.05, 0) is 41.0 Å². The van der Waals surface area contributed by atoms with Gasteiger partial charge in [0, 0.05) is 32.7 Å². The lowest BCUT2D eigenvalue weighted by Crippen LogP contribution is -2.49. The third kappa shape index (κ3) is 6.24. The maximum atomic E-state index is 13.4. The average Bonchev–Trinajstić information content (AvgIpc) is 2.85. The highest BCUT2D eigenvalue weighted by Gasteiger charge is 2.24. The van der Waals surface area contributed by atoms with E-state index < -0.39 is 0 Å². The Balaban J connectivity index is 1.32. The quantitative estimate of drug-likeness (QED) is 0.521. The minimum absolute atomic E-state index is 0.0194. The molecule has 0 saturated carbocycles. The monoisotopic (exact) mass is 452 g/mol. The SMILES string of the molecule is OCC(c1ccccc1)N1CCN(CCOC(c2ccc(F)cc2)c2ccc(F)cc2)CC1. The Bertz CT molecular complexity index is 930. The molecule has 0 radical (unpaired) electrons. The standard InChI is InChI=1S/C27H30F2N2O2/c28-24-10-6-22(7-11-24)27(23-8-12-25(29)13-9-23)33-19-18-30-14-16-31(17-15-30)26(20-32)21-4-2-1-3-5-21/h1-13,26-27,32H,14-20H2. The summed E-state index contributed by atoms with van der Waals surface area (Å²) in [5, 5.41) is 9.93. The highest BCUT2D eigenvalue weighted by molar-refractivity contribution is 5.30. The maximum absolute atomic E-state index is 13.4. The van der Waals surface area contributed by atoms with Gasteiger partial charge < -0.3 is 9.84 Å². The van der Waals surface area contributed by atoms with Gasteiger partial charge in [0.15, 0.2) is 0 Å². The number of nitrogens with zero attached hydrogens (tertiary/aromatic N) is 2. The molecule has 1 aliphatic heterocycles. The van der Waals surface area contributed by atoms with E-state index in [9.17, 15) is 13.9 Å². The first-order valence-corrected chi connectivity index (χ1v) is 11.4. The zero-order chi connectivity index (χ0) is 23.0. The minimum Gasteiger partial charge on any atom is -0.394 e. The smallest absolute Gasteiger partial charge is 0.123 e. The van der Waals surface area contributed by atoms with Crippen molar-refractivity contribution in [2.24, 2.45) is 0 Å². The number of hydrogen-bond donors (Lipinski definition) is 1. The van der Waals surface area contributed by atoms with Crippen molar-refractivity contribution in [3.8, 4) is 0 Å². The molecule has 4 rings (SSSR count). The summed E-state index contributed by atoms with van der Waals surface area (Å²) in [6.45, 7) is 4.90. The molecule has 1 heterocycles.